The number of nitrogens with one attached hydrogen (secondary N) is 1. The third-order valence-corrected chi connectivity index (χ3v) is 3.91. The third-order valence-electron chi connectivity index (χ3n) is 2.77. The van der Waals surface area contributed by atoms with Gasteiger partial charge in [-0.3, -0.25) is 4.79 Å². The number of carbonyl (C=O) groups excluding carboxylic acids is 1. The van der Waals surface area contributed by atoms with Gasteiger partial charge in [-0.25, -0.2) is 0 Å². The van der Waals surface area contributed by atoms with E-state index in [9.17, 15) is 4.79 Å². The first-order valence-electron chi connectivity index (χ1n) is 5.97. The molecule has 0 aliphatic rings. The zero-order valence-corrected chi connectivity index (χ0v) is 13.1. The van der Waals surface area contributed by atoms with Crippen molar-refractivity contribution in [1.82, 2.24) is 0 Å². The first kappa shape index (κ1) is 15.3. The van der Waals surface area contributed by atoms with Crippen molar-refractivity contribution in [3.63, 3.8) is 0 Å². The number of nitrogens with two attached hydrogens (primary N) is 1. The number of thiophene rings is 1. The molecule has 1 heterocycles. The molecule has 0 saturated carbocycles. The van der Waals surface area contributed by atoms with E-state index in [2.05, 4.69) is 5.32 Å². The Hall–Kier alpha value is -2.12. The van der Waals surface area contributed by atoms with E-state index in [-0.39, 0.29) is 10.9 Å². The molecule has 0 fully saturated rings. The van der Waals surface area contributed by atoms with Crippen molar-refractivity contribution in [1.29, 1.82) is 0 Å². The van der Waals surface area contributed by atoms with Crippen LogP contribution < -0.4 is 20.5 Å². The maximum absolute atomic E-state index is 12.2. The number of carbonyl (C=O) groups is 1. The number of anilines is 1. The minimum absolute atomic E-state index is 0.232. The number of rotatable bonds is 5. The third kappa shape index (κ3) is 3.50. The van der Waals surface area contributed by atoms with Crippen LogP contribution in [-0.2, 0) is 0 Å². The highest BCUT2D eigenvalue weighted by molar-refractivity contribution is 7.80. The summed E-state index contributed by atoms with van der Waals surface area (Å²) in [5.74, 6) is 0.919. The van der Waals surface area contributed by atoms with Gasteiger partial charge in [-0.1, -0.05) is 12.2 Å². The van der Waals surface area contributed by atoms with Crippen LogP contribution in [-0.4, -0.2) is 25.1 Å². The van der Waals surface area contributed by atoms with Crippen molar-refractivity contribution in [2.45, 2.75) is 0 Å². The lowest BCUT2D eigenvalue weighted by Gasteiger charge is -2.11. The van der Waals surface area contributed by atoms with Crippen molar-refractivity contribution in [3.05, 3.63) is 40.1 Å². The number of hydrogen-bond acceptors (Lipinski definition) is 5. The number of amides is 1. The van der Waals surface area contributed by atoms with Crippen LogP contribution in [0.5, 0.6) is 11.5 Å². The summed E-state index contributed by atoms with van der Waals surface area (Å²) in [7, 11) is 3.07. The van der Waals surface area contributed by atoms with E-state index in [0.717, 1.165) is 0 Å². The van der Waals surface area contributed by atoms with E-state index in [1.54, 1.807) is 36.8 Å². The van der Waals surface area contributed by atoms with Crippen LogP contribution in [0.3, 0.4) is 0 Å². The van der Waals surface area contributed by atoms with E-state index >= 15 is 0 Å². The van der Waals surface area contributed by atoms with E-state index in [0.29, 0.717) is 27.6 Å². The van der Waals surface area contributed by atoms with Crippen LogP contribution in [0.1, 0.15) is 15.2 Å². The van der Waals surface area contributed by atoms with Crippen molar-refractivity contribution in [2.75, 3.05) is 19.5 Å². The number of hydrogen-bond donors (Lipinski definition) is 2. The molecule has 0 aliphatic carbocycles. The molecular weight excluding hydrogens is 308 g/mol. The van der Waals surface area contributed by atoms with Gasteiger partial charge in [-0.05, 0) is 18.2 Å². The molecule has 1 aromatic carbocycles. The molecule has 0 atom stereocenters. The Bertz CT molecular complexity index is 683. The van der Waals surface area contributed by atoms with Gasteiger partial charge in [0.2, 0.25) is 0 Å². The monoisotopic (exact) mass is 322 g/mol. The highest BCUT2D eigenvalue weighted by atomic mass is 32.1. The van der Waals surface area contributed by atoms with Crippen molar-refractivity contribution in [2.24, 2.45) is 5.73 Å². The van der Waals surface area contributed by atoms with Gasteiger partial charge in [0, 0.05) is 17.0 Å². The fourth-order valence-corrected chi connectivity index (χ4v) is 2.55. The summed E-state index contributed by atoms with van der Waals surface area (Å²) in [6, 6.07) is 6.80. The molecule has 2 aromatic rings. The van der Waals surface area contributed by atoms with E-state index < -0.39 is 0 Å². The van der Waals surface area contributed by atoms with Gasteiger partial charge < -0.3 is 20.5 Å². The Morgan fingerprint density at radius 3 is 2.62 bits per heavy atom. The largest absolute Gasteiger partial charge is 0.496 e. The zero-order chi connectivity index (χ0) is 15.4. The second-order valence-corrected chi connectivity index (χ2v) is 5.44. The van der Waals surface area contributed by atoms with Gasteiger partial charge in [-0.15, -0.1) is 11.3 Å². The van der Waals surface area contributed by atoms with E-state index in [1.165, 1.54) is 18.4 Å². The fraction of sp³-hybridized carbons (Fsp3) is 0.143. The number of methoxy groups -OCH3 is 2. The van der Waals surface area contributed by atoms with Crippen LogP contribution >= 0.6 is 23.6 Å². The zero-order valence-electron chi connectivity index (χ0n) is 11.5. The topological polar surface area (TPSA) is 73.6 Å². The molecular formula is C14H14N2O3S2. The van der Waals surface area contributed by atoms with Gasteiger partial charge >= 0.3 is 0 Å². The summed E-state index contributed by atoms with van der Waals surface area (Å²) >= 11 is 6.22. The summed E-state index contributed by atoms with van der Waals surface area (Å²) in [4.78, 5) is 13.0. The maximum Gasteiger partial charge on any atom is 0.265 e. The first-order chi connectivity index (χ1) is 10.0. The second-order valence-electron chi connectivity index (χ2n) is 4.08. The predicted octanol–water partition coefficient (Wildman–Crippen LogP) is 2.65. The minimum atomic E-state index is -0.232. The number of thiocarbonyl (C=S) groups is 1. The number of ether oxygens (including phenoxy) is 2. The van der Waals surface area contributed by atoms with Crippen LogP contribution in [0.2, 0.25) is 0 Å². The molecule has 21 heavy (non-hydrogen) atoms. The first-order valence-corrected chi connectivity index (χ1v) is 7.25. The summed E-state index contributed by atoms with van der Waals surface area (Å²) in [5.41, 5.74) is 6.80. The number of benzene rings is 1. The fourth-order valence-electron chi connectivity index (χ4n) is 1.68. The molecule has 0 bridgehead atoms. The van der Waals surface area contributed by atoms with Crippen molar-refractivity contribution < 1.29 is 14.3 Å². The molecule has 0 aliphatic heterocycles. The van der Waals surface area contributed by atoms with Crippen molar-refractivity contribution >= 4 is 40.1 Å². The normalized spacial score (nSPS) is 10.0. The molecule has 7 heteroatoms. The van der Waals surface area contributed by atoms with E-state index in [4.69, 9.17) is 27.4 Å². The quantitative estimate of drug-likeness (QED) is 0.828. The Morgan fingerprint density at radius 1 is 1.29 bits per heavy atom. The molecule has 2 rings (SSSR count). The van der Waals surface area contributed by atoms with Gasteiger partial charge in [0.15, 0.2) is 0 Å². The van der Waals surface area contributed by atoms with Gasteiger partial charge in [-0.2, -0.15) is 0 Å². The minimum Gasteiger partial charge on any atom is -0.496 e. The van der Waals surface area contributed by atoms with Crippen molar-refractivity contribution in [3.8, 4) is 11.5 Å². The highest BCUT2D eigenvalue weighted by Crippen LogP contribution is 2.28. The van der Waals surface area contributed by atoms with Gasteiger partial charge in [0.25, 0.3) is 5.91 Å². The van der Waals surface area contributed by atoms with Gasteiger partial charge in [0.05, 0.1) is 24.8 Å². The van der Waals surface area contributed by atoms with Crippen LogP contribution in [0.15, 0.2) is 29.6 Å². The maximum atomic E-state index is 12.2. The average molecular weight is 322 g/mol. The predicted molar refractivity (Wildman–Crippen MR) is 87.7 cm³/mol. The SMILES string of the molecule is COc1csc(C(=O)Nc2ccc(C(N)=S)cc2OC)c1. The Morgan fingerprint density at radius 2 is 2.05 bits per heavy atom. The lowest BCUT2D eigenvalue weighted by Crippen LogP contribution is -2.13. The lowest BCUT2D eigenvalue weighted by atomic mass is 10.2. The summed E-state index contributed by atoms with van der Waals surface area (Å²) < 4.78 is 10.3. The molecule has 0 unspecified atom stereocenters. The summed E-state index contributed by atoms with van der Waals surface area (Å²) in [5, 5.41) is 4.55. The molecule has 1 aromatic heterocycles. The molecule has 0 radical (unpaired) electrons. The standard InChI is InChI=1S/C14H14N2O3S2/c1-18-9-6-12(21-7-9)14(17)16-10-4-3-8(13(15)20)5-11(10)19-2/h3-7H,1-2H3,(H2,15,20)(H,16,17). The van der Waals surface area contributed by atoms with Gasteiger partial charge in [0.1, 0.15) is 16.5 Å². The molecule has 1 amide bonds. The molecule has 110 valence electrons. The Kier molecular flexibility index (Phi) is 4.77. The van der Waals surface area contributed by atoms with Crippen LogP contribution in [0, 0.1) is 0 Å². The molecule has 3 N–H and O–H groups in total. The molecule has 5 nitrogen and oxygen atoms in total. The van der Waals surface area contributed by atoms with Crippen LogP contribution in [0.4, 0.5) is 5.69 Å². The Balaban J connectivity index is 2.22. The molecule has 0 spiro atoms. The summed E-state index contributed by atoms with van der Waals surface area (Å²) in [6.07, 6.45) is 0. The highest BCUT2D eigenvalue weighted by Gasteiger charge is 2.13. The van der Waals surface area contributed by atoms with E-state index in [1.807, 2.05) is 0 Å². The van der Waals surface area contributed by atoms with Crippen LogP contribution in [0.25, 0.3) is 0 Å². The Labute approximate surface area is 131 Å². The second kappa shape index (κ2) is 6.55. The summed E-state index contributed by atoms with van der Waals surface area (Å²) in [6.45, 7) is 0. The molecule has 0 saturated heterocycles. The average Bonchev–Trinajstić information content (AvgIpc) is 2.96. The lowest BCUT2D eigenvalue weighted by molar-refractivity contribution is 0.103. The smallest absolute Gasteiger partial charge is 0.265 e.